The van der Waals surface area contributed by atoms with Gasteiger partial charge in [0.25, 0.3) is 5.91 Å². The second-order valence-electron chi connectivity index (χ2n) is 5.51. The number of hydrogen-bond donors (Lipinski definition) is 1. The molecule has 1 amide bonds. The normalized spacial score (nSPS) is 12.0. The largest absolute Gasteiger partial charge is 0.345 e. The molecule has 2 aromatic heterocycles. The van der Waals surface area contributed by atoms with Crippen molar-refractivity contribution in [2.24, 2.45) is 0 Å². The molecule has 0 fully saturated rings. The second-order valence-corrected chi connectivity index (χ2v) is 7.35. The van der Waals surface area contributed by atoms with Gasteiger partial charge in [-0.05, 0) is 43.7 Å². The van der Waals surface area contributed by atoms with E-state index in [-0.39, 0.29) is 11.9 Å². The van der Waals surface area contributed by atoms with Gasteiger partial charge in [-0.1, -0.05) is 35.3 Å². The van der Waals surface area contributed by atoms with Crippen LogP contribution in [-0.4, -0.2) is 15.9 Å². The van der Waals surface area contributed by atoms with Gasteiger partial charge in [-0.2, -0.15) is 0 Å². The fourth-order valence-corrected chi connectivity index (χ4v) is 3.92. The molecule has 0 aliphatic carbocycles. The molecule has 0 aliphatic heterocycles. The summed E-state index contributed by atoms with van der Waals surface area (Å²) in [4.78, 5) is 21.9. The number of aromatic nitrogens is 2. The topological polar surface area (TPSA) is 54.9 Å². The Morgan fingerprint density at radius 1 is 1.24 bits per heavy atom. The molecule has 1 N–H and O–H groups in total. The molecule has 0 radical (unpaired) electrons. The van der Waals surface area contributed by atoms with E-state index in [1.165, 1.54) is 11.3 Å². The first kappa shape index (κ1) is 17.9. The lowest BCUT2D eigenvalue weighted by Gasteiger charge is -2.15. The second kappa shape index (κ2) is 7.52. The maximum Gasteiger partial charge on any atom is 0.263 e. The Kier molecular flexibility index (Phi) is 5.37. The Morgan fingerprint density at radius 2 is 2.04 bits per heavy atom. The molecule has 0 bridgehead atoms. The van der Waals surface area contributed by atoms with Gasteiger partial charge in [0.2, 0.25) is 0 Å². The highest BCUT2D eigenvalue weighted by molar-refractivity contribution is 7.17. The van der Waals surface area contributed by atoms with Crippen LogP contribution in [0, 0.1) is 6.92 Å². The zero-order valence-corrected chi connectivity index (χ0v) is 15.9. The molecule has 0 spiro atoms. The summed E-state index contributed by atoms with van der Waals surface area (Å²) in [5.41, 5.74) is 2.24. The van der Waals surface area contributed by atoms with E-state index in [0.717, 1.165) is 16.3 Å². The van der Waals surface area contributed by atoms with Gasteiger partial charge in [0.05, 0.1) is 17.4 Å². The third-order valence-corrected chi connectivity index (χ3v) is 5.40. The molecule has 128 valence electrons. The number of benzene rings is 1. The highest BCUT2D eigenvalue weighted by Gasteiger charge is 2.20. The monoisotopic (exact) mass is 391 g/mol. The van der Waals surface area contributed by atoms with Gasteiger partial charge in [0, 0.05) is 16.2 Å². The third kappa shape index (κ3) is 4.00. The quantitative estimate of drug-likeness (QED) is 0.655. The highest BCUT2D eigenvalue weighted by atomic mass is 35.5. The number of carbonyl (C=O) groups is 1. The minimum Gasteiger partial charge on any atom is -0.345 e. The molecule has 1 aromatic carbocycles. The van der Waals surface area contributed by atoms with Crippen LogP contribution in [0.1, 0.15) is 33.9 Å². The third-order valence-electron chi connectivity index (χ3n) is 3.66. The summed E-state index contributed by atoms with van der Waals surface area (Å²) in [6.45, 7) is 3.70. The Labute approximate surface area is 159 Å². The highest BCUT2D eigenvalue weighted by Crippen LogP contribution is 2.29. The van der Waals surface area contributed by atoms with Crippen LogP contribution in [0.25, 0.3) is 10.7 Å². The molecule has 0 saturated carbocycles. The fourth-order valence-electron chi connectivity index (χ4n) is 2.40. The predicted molar refractivity (Wildman–Crippen MR) is 102 cm³/mol. The molecule has 25 heavy (non-hydrogen) atoms. The van der Waals surface area contributed by atoms with Gasteiger partial charge in [0.1, 0.15) is 9.88 Å². The van der Waals surface area contributed by atoms with Crippen molar-refractivity contribution in [3.63, 3.8) is 0 Å². The maximum absolute atomic E-state index is 12.6. The first-order valence-corrected chi connectivity index (χ1v) is 9.17. The lowest BCUT2D eigenvalue weighted by atomic mass is 10.1. The SMILES string of the molecule is Cc1nc(-c2ccccn2)sc1C(=O)N[C@H](C)c1ccc(Cl)cc1Cl. The number of nitrogens with zero attached hydrogens (tertiary/aromatic N) is 2. The smallest absolute Gasteiger partial charge is 0.263 e. The molecular weight excluding hydrogens is 377 g/mol. The molecule has 1 atom stereocenters. The number of thiazole rings is 1. The molecule has 4 nitrogen and oxygen atoms in total. The number of amides is 1. The van der Waals surface area contributed by atoms with Gasteiger partial charge < -0.3 is 5.32 Å². The minimum absolute atomic E-state index is 0.185. The first-order valence-electron chi connectivity index (χ1n) is 7.60. The fraction of sp³-hybridized carbons (Fsp3) is 0.167. The van der Waals surface area contributed by atoms with E-state index in [1.54, 1.807) is 18.3 Å². The van der Waals surface area contributed by atoms with Crippen LogP contribution in [0.4, 0.5) is 0 Å². The summed E-state index contributed by atoms with van der Waals surface area (Å²) >= 11 is 13.5. The van der Waals surface area contributed by atoms with Gasteiger partial charge in [-0.15, -0.1) is 11.3 Å². The van der Waals surface area contributed by atoms with Crippen LogP contribution in [-0.2, 0) is 0 Å². The van der Waals surface area contributed by atoms with Gasteiger partial charge >= 0.3 is 0 Å². The average Bonchev–Trinajstić information content (AvgIpc) is 2.97. The van der Waals surface area contributed by atoms with E-state index in [4.69, 9.17) is 23.2 Å². The van der Waals surface area contributed by atoms with Gasteiger partial charge in [0.15, 0.2) is 0 Å². The molecule has 0 unspecified atom stereocenters. The molecule has 3 aromatic rings. The molecular formula is C18H15Cl2N3OS. The number of aryl methyl sites for hydroxylation is 1. The standard InChI is InChI=1S/C18H15Cl2N3OS/c1-10(13-7-6-12(19)9-14(13)20)22-17(24)16-11(2)23-18(25-16)15-5-3-4-8-21-15/h3-10H,1-2H3,(H,22,24)/t10-/m1/s1. The van der Waals surface area contributed by atoms with Crippen molar-refractivity contribution in [2.75, 3.05) is 0 Å². The van der Waals surface area contributed by atoms with Crippen LogP contribution >= 0.6 is 34.5 Å². The average molecular weight is 392 g/mol. The van der Waals surface area contributed by atoms with E-state index >= 15 is 0 Å². The number of halogens is 2. The Balaban J connectivity index is 1.80. The Morgan fingerprint density at radius 3 is 2.72 bits per heavy atom. The van der Waals surface area contributed by atoms with Crippen LogP contribution < -0.4 is 5.32 Å². The minimum atomic E-state index is -0.253. The van der Waals surface area contributed by atoms with Crippen LogP contribution in [0.15, 0.2) is 42.6 Å². The van der Waals surface area contributed by atoms with Crippen molar-refractivity contribution in [1.82, 2.24) is 15.3 Å². The molecule has 2 heterocycles. The van der Waals surface area contributed by atoms with Crippen molar-refractivity contribution in [3.05, 3.63) is 68.8 Å². The zero-order valence-electron chi connectivity index (χ0n) is 13.6. The van der Waals surface area contributed by atoms with Crippen LogP contribution in [0.2, 0.25) is 10.0 Å². The van der Waals surface area contributed by atoms with Gasteiger partial charge in [-0.3, -0.25) is 9.78 Å². The molecule has 0 saturated heterocycles. The Bertz CT molecular complexity index is 912. The van der Waals surface area contributed by atoms with Crippen LogP contribution in [0.3, 0.4) is 0 Å². The van der Waals surface area contributed by atoms with Crippen LogP contribution in [0.5, 0.6) is 0 Å². The number of hydrogen-bond acceptors (Lipinski definition) is 4. The summed E-state index contributed by atoms with van der Waals surface area (Å²) < 4.78 is 0. The van der Waals surface area contributed by atoms with Gasteiger partial charge in [-0.25, -0.2) is 4.98 Å². The number of carbonyl (C=O) groups excluding carboxylic acids is 1. The molecule has 0 aliphatic rings. The van der Waals surface area contributed by atoms with Crippen molar-refractivity contribution in [1.29, 1.82) is 0 Å². The van der Waals surface area contributed by atoms with E-state index in [0.29, 0.717) is 20.6 Å². The summed E-state index contributed by atoms with van der Waals surface area (Å²) in [5, 5.41) is 4.77. The van der Waals surface area contributed by atoms with Crippen molar-refractivity contribution in [2.45, 2.75) is 19.9 Å². The predicted octanol–water partition coefficient (Wildman–Crippen LogP) is 5.31. The summed E-state index contributed by atoms with van der Waals surface area (Å²) in [5.74, 6) is -0.185. The molecule has 3 rings (SSSR count). The van der Waals surface area contributed by atoms with E-state index in [1.807, 2.05) is 38.1 Å². The van der Waals surface area contributed by atoms with E-state index in [9.17, 15) is 4.79 Å². The lowest BCUT2D eigenvalue weighted by Crippen LogP contribution is -2.26. The van der Waals surface area contributed by atoms with Crippen molar-refractivity contribution >= 4 is 40.4 Å². The Hall–Kier alpha value is -1.95. The van der Waals surface area contributed by atoms with Crippen molar-refractivity contribution in [3.8, 4) is 10.7 Å². The summed E-state index contributed by atoms with van der Waals surface area (Å²) in [7, 11) is 0. The van der Waals surface area contributed by atoms with E-state index in [2.05, 4.69) is 15.3 Å². The number of rotatable bonds is 4. The maximum atomic E-state index is 12.6. The summed E-state index contributed by atoms with van der Waals surface area (Å²) in [6, 6.07) is 10.6. The number of nitrogens with one attached hydrogen (secondary N) is 1. The summed E-state index contributed by atoms with van der Waals surface area (Å²) in [6.07, 6.45) is 1.70. The molecule has 7 heteroatoms. The zero-order chi connectivity index (χ0) is 18.0. The number of pyridine rings is 1. The first-order chi connectivity index (χ1) is 12.0. The van der Waals surface area contributed by atoms with E-state index < -0.39 is 0 Å². The lowest BCUT2D eigenvalue weighted by molar-refractivity contribution is 0.0943. The van der Waals surface area contributed by atoms with Crippen molar-refractivity contribution < 1.29 is 4.79 Å².